The predicted molar refractivity (Wildman–Crippen MR) is 88.9 cm³/mol. The van der Waals surface area contributed by atoms with E-state index in [9.17, 15) is 5.11 Å². The number of hydrogen-bond donors (Lipinski definition) is 1. The van der Waals surface area contributed by atoms with Gasteiger partial charge in [0.1, 0.15) is 6.10 Å². The van der Waals surface area contributed by atoms with E-state index in [1.165, 1.54) is 11.1 Å². The first-order chi connectivity index (χ1) is 10.1. The highest BCUT2D eigenvalue weighted by Crippen LogP contribution is 2.33. The second-order valence-electron chi connectivity index (χ2n) is 5.43. The lowest BCUT2D eigenvalue weighted by molar-refractivity contribution is 0.222. The van der Waals surface area contributed by atoms with E-state index in [2.05, 4.69) is 13.8 Å². The molecule has 21 heavy (non-hydrogen) atoms. The van der Waals surface area contributed by atoms with Gasteiger partial charge in [-0.3, -0.25) is 0 Å². The Morgan fingerprint density at radius 1 is 0.857 bits per heavy atom. The van der Waals surface area contributed by atoms with E-state index in [-0.39, 0.29) is 0 Å². The van der Waals surface area contributed by atoms with Gasteiger partial charge in [-0.15, -0.1) is 0 Å². The fraction of sp³-hybridized carbons (Fsp3) is 0.158. The topological polar surface area (TPSA) is 20.2 Å². The standard InChI is InChI=1S/C19H17ClO/c1-12-7-8-14(11-13(12)2)19(21)17-9-10-18(20)16-6-4-3-5-15(16)17/h3-11,19,21H,1-2H3. The molecule has 3 aromatic carbocycles. The van der Waals surface area contributed by atoms with Crippen LogP contribution in [0.15, 0.2) is 54.6 Å². The van der Waals surface area contributed by atoms with E-state index in [0.29, 0.717) is 5.02 Å². The fourth-order valence-corrected chi connectivity index (χ4v) is 2.87. The summed E-state index contributed by atoms with van der Waals surface area (Å²) in [4.78, 5) is 0. The molecule has 0 fully saturated rings. The lowest BCUT2D eigenvalue weighted by Crippen LogP contribution is -2.01. The summed E-state index contributed by atoms with van der Waals surface area (Å²) in [6, 6.07) is 17.7. The largest absolute Gasteiger partial charge is 0.384 e. The summed E-state index contributed by atoms with van der Waals surface area (Å²) in [7, 11) is 0. The van der Waals surface area contributed by atoms with Gasteiger partial charge in [-0.05, 0) is 47.6 Å². The highest BCUT2D eigenvalue weighted by molar-refractivity contribution is 6.35. The van der Waals surface area contributed by atoms with Gasteiger partial charge in [-0.1, -0.05) is 60.1 Å². The number of aliphatic hydroxyl groups is 1. The van der Waals surface area contributed by atoms with Crippen LogP contribution in [0.3, 0.4) is 0 Å². The van der Waals surface area contributed by atoms with Crippen molar-refractivity contribution in [3.8, 4) is 0 Å². The van der Waals surface area contributed by atoms with E-state index >= 15 is 0 Å². The molecule has 3 rings (SSSR count). The normalized spacial score (nSPS) is 12.6. The minimum absolute atomic E-state index is 0.647. The van der Waals surface area contributed by atoms with Gasteiger partial charge < -0.3 is 5.11 Å². The number of rotatable bonds is 2. The minimum Gasteiger partial charge on any atom is -0.384 e. The summed E-state index contributed by atoms with van der Waals surface area (Å²) < 4.78 is 0. The maximum Gasteiger partial charge on any atom is 0.105 e. The Morgan fingerprint density at radius 3 is 2.29 bits per heavy atom. The summed E-state index contributed by atoms with van der Waals surface area (Å²) in [6.45, 7) is 4.13. The fourth-order valence-electron chi connectivity index (χ4n) is 2.64. The Balaban J connectivity index is 2.15. The number of halogens is 1. The zero-order valence-corrected chi connectivity index (χ0v) is 12.9. The van der Waals surface area contributed by atoms with Gasteiger partial charge in [-0.25, -0.2) is 0 Å². The van der Waals surface area contributed by atoms with Crippen molar-refractivity contribution in [1.29, 1.82) is 0 Å². The van der Waals surface area contributed by atoms with Crippen LogP contribution in [0.4, 0.5) is 0 Å². The average molecular weight is 297 g/mol. The van der Waals surface area contributed by atoms with Crippen molar-refractivity contribution in [2.75, 3.05) is 0 Å². The molecule has 0 bridgehead atoms. The number of fused-ring (bicyclic) bond motifs is 1. The first kappa shape index (κ1) is 14.1. The van der Waals surface area contributed by atoms with E-state index in [1.807, 2.05) is 54.6 Å². The third-order valence-electron chi connectivity index (χ3n) is 4.05. The number of hydrogen-bond acceptors (Lipinski definition) is 1. The van der Waals surface area contributed by atoms with Gasteiger partial charge in [0.2, 0.25) is 0 Å². The van der Waals surface area contributed by atoms with E-state index in [1.54, 1.807) is 0 Å². The molecule has 0 heterocycles. The summed E-state index contributed by atoms with van der Waals surface area (Å²) in [5.74, 6) is 0. The van der Waals surface area contributed by atoms with Crippen LogP contribution in [0, 0.1) is 13.8 Å². The third kappa shape index (κ3) is 2.55. The average Bonchev–Trinajstić information content (AvgIpc) is 2.50. The molecule has 0 saturated heterocycles. The number of aliphatic hydroxyl groups excluding tert-OH is 1. The molecule has 106 valence electrons. The van der Waals surface area contributed by atoms with Crippen LogP contribution in [-0.2, 0) is 0 Å². The van der Waals surface area contributed by atoms with Crippen LogP contribution in [0.1, 0.15) is 28.4 Å². The first-order valence-corrected chi connectivity index (χ1v) is 7.38. The van der Waals surface area contributed by atoms with Crippen molar-refractivity contribution in [2.45, 2.75) is 20.0 Å². The molecule has 0 amide bonds. The van der Waals surface area contributed by atoms with Crippen LogP contribution in [0.25, 0.3) is 10.8 Å². The van der Waals surface area contributed by atoms with Crippen LogP contribution in [-0.4, -0.2) is 5.11 Å². The summed E-state index contributed by atoms with van der Waals surface area (Å²) in [5, 5.41) is 13.4. The molecule has 0 saturated carbocycles. The highest BCUT2D eigenvalue weighted by atomic mass is 35.5. The van der Waals surface area contributed by atoms with Crippen molar-refractivity contribution in [1.82, 2.24) is 0 Å². The molecule has 0 aliphatic carbocycles. The molecule has 0 radical (unpaired) electrons. The Bertz CT molecular complexity index is 808. The van der Waals surface area contributed by atoms with Crippen LogP contribution in [0.5, 0.6) is 0 Å². The SMILES string of the molecule is Cc1ccc(C(O)c2ccc(Cl)c3ccccc23)cc1C. The monoisotopic (exact) mass is 296 g/mol. The Kier molecular flexibility index (Phi) is 3.71. The third-order valence-corrected chi connectivity index (χ3v) is 4.38. The molecule has 0 aliphatic heterocycles. The van der Waals surface area contributed by atoms with Gasteiger partial charge in [0.15, 0.2) is 0 Å². The van der Waals surface area contributed by atoms with Crippen molar-refractivity contribution < 1.29 is 5.11 Å². The summed E-state index contributed by atoms with van der Waals surface area (Å²) in [5.41, 5.74) is 4.21. The van der Waals surface area contributed by atoms with Crippen molar-refractivity contribution in [3.05, 3.63) is 81.9 Å². The molecule has 1 atom stereocenters. The Hall–Kier alpha value is -1.83. The molecule has 0 aromatic heterocycles. The molecule has 1 unspecified atom stereocenters. The van der Waals surface area contributed by atoms with Crippen LogP contribution in [0.2, 0.25) is 5.02 Å². The lowest BCUT2D eigenvalue weighted by Gasteiger charge is -2.16. The summed E-state index contributed by atoms with van der Waals surface area (Å²) in [6.07, 6.45) is -0.647. The highest BCUT2D eigenvalue weighted by Gasteiger charge is 2.15. The zero-order chi connectivity index (χ0) is 15.0. The second kappa shape index (κ2) is 5.51. The molecule has 3 aromatic rings. The Labute approximate surface area is 129 Å². The van der Waals surface area contributed by atoms with Crippen LogP contribution < -0.4 is 0 Å². The maximum absolute atomic E-state index is 10.8. The number of benzene rings is 3. The van der Waals surface area contributed by atoms with Gasteiger partial charge in [0.25, 0.3) is 0 Å². The summed E-state index contributed by atoms with van der Waals surface area (Å²) >= 11 is 6.24. The Morgan fingerprint density at radius 2 is 1.57 bits per heavy atom. The molecular formula is C19H17ClO. The predicted octanol–water partition coefficient (Wildman–Crippen LogP) is 5.19. The van der Waals surface area contributed by atoms with Gasteiger partial charge >= 0.3 is 0 Å². The molecule has 0 aliphatic rings. The van der Waals surface area contributed by atoms with E-state index in [4.69, 9.17) is 11.6 Å². The second-order valence-corrected chi connectivity index (χ2v) is 5.84. The molecule has 0 spiro atoms. The quantitative estimate of drug-likeness (QED) is 0.690. The molecular weight excluding hydrogens is 280 g/mol. The minimum atomic E-state index is -0.647. The molecule has 1 N–H and O–H groups in total. The lowest BCUT2D eigenvalue weighted by atomic mass is 9.94. The maximum atomic E-state index is 10.8. The smallest absolute Gasteiger partial charge is 0.105 e. The molecule has 1 nitrogen and oxygen atoms in total. The molecule has 2 heteroatoms. The van der Waals surface area contributed by atoms with Gasteiger partial charge in [-0.2, -0.15) is 0 Å². The van der Waals surface area contributed by atoms with E-state index < -0.39 is 6.10 Å². The van der Waals surface area contributed by atoms with Crippen LogP contribution >= 0.6 is 11.6 Å². The van der Waals surface area contributed by atoms with Crippen molar-refractivity contribution in [3.63, 3.8) is 0 Å². The first-order valence-electron chi connectivity index (χ1n) is 7.00. The van der Waals surface area contributed by atoms with Crippen molar-refractivity contribution in [2.24, 2.45) is 0 Å². The van der Waals surface area contributed by atoms with Gasteiger partial charge in [0.05, 0.1) is 0 Å². The number of aryl methyl sites for hydroxylation is 2. The van der Waals surface area contributed by atoms with Gasteiger partial charge in [0, 0.05) is 10.4 Å². The zero-order valence-electron chi connectivity index (χ0n) is 12.1. The van der Waals surface area contributed by atoms with E-state index in [0.717, 1.165) is 21.9 Å². The van der Waals surface area contributed by atoms with Crippen molar-refractivity contribution >= 4 is 22.4 Å².